The summed E-state index contributed by atoms with van der Waals surface area (Å²) in [6.45, 7) is 0. The van der Waals surface area contributed by atoms with Crippen molar-refractivity contribution in [2.24, 2.45) is 0 Å². The molecule has 0 amide bonds. The molecule has 0 saturated carbocycles. The number of fused-ring (bicyclic) bond motifs is 2. The molecule has 1 N–H and O–H groups in total. The van der Waals surface area contributed by atoms with E-state index in [0.29, 0.717) is 17.9 Å². The average molecular weight is 317 g/mol. The lowest BCUT2D eigenvalue weighted by Crippen LogP contribution is -2.50. The Hall–Kier alpha value is -1.28. The highest BCUT2D eigenvalue weighted by Gasteiger charge is 2.38. The quantitative estimate of drug-likeness (QED) is 0.809. The number of benzene rings is 1. The molecule has 0 radical (unpaired) electrons. The molecule has 2 aliphatic rings. The van der Waals surface area contributed by atoms with Gasteiger partial charge in [0, 0.05) is 12.7 Å². The summed E-state index contributed by atoms with van der Waals surface area (Å²) in [4.78, 5) is 0.185. The molecule has 1 aromatic carbocycles. The molecule has 3 rings (SSSR count). The van der Waals surface area contributed by atoms with Gasteiger partial charge >= 0.3 is 0 Å². The van der Waals surface area contributed by atoms with Crippen molar-refractivity contribution in [2.75, 3.05) is 23.1 Å². The predicted octanol–water partition coefficient (Wildman–Crippen LogP) is 0.450. The van der Waals surface area contributed by atoms with Crippen molar-refractivity contribution < 1.29 is 21.6 Å². The molecule has 0 spiro atoms. The van der Waals surface area contributed by atoms with Crippen LogP contribution in [-0.2, 0) is 19.7 Å². The molecule has 1 aromatic rings. The van der Waals surface area contributed by atoms with Gasteiger partial charge in [-0.1, -0.05) is 0 Å². The Labute approximate surface area is 118 Å². The topological polar surface area (TPSA) is 89.5 Å². The molecule has 20 heavy (non-hydrogen) atoms. The highest BCUT2D eigenvalue weighted by atomic mass is 32.2. The number of nitrogens with one attached hydrogen (secondary N) is 1. The van der Waals surface area contributed by atoms with E-state index >= 15 is 0 Å². The van der Waals surface area contributed by atoms with Crippen LogP contribution in [0.5, 0.6) is 5.75 Å². The standard InChI is InChI=1S/C12H15NO5S2/c1-19(14,15)8-2-3-11-9(6-8)13-10-7-20(16,17)5-4-12(10)18-11/h2-3,6,10,12-13H,4-5,7H2,1H3. The van der Waals surface area contributed by atoms with E-state index in [2.05, 4.69) is 5.32 Å². The van der Waals surface area contributed by atoms with Gasteiger partial charge in [0.2, 0.25) is 0 Å². The lowest BCUT2D eigenvalue weighted by Gasteiger charge is -2.37. The summed E-state index contributed by atoms with van der Waals surface area (Å²) >= 11 is 0. The van der Waals surface area contributed by atoms with Crippen LogP contribution in [0.4, 0.5) is 5.69 Å². The van der Waals surface area contributed by atoms with Crippen LogP contribution in [0.15, 0.2) is 23.1 Å². The Morgan fingerprint density at radius 2 is 2.10 bits per heavy atom. The van der Waals surface area contributed by atoms with Gasteiger partial charge in [0.1, 0.15) is 11.9 Å². The number of rotatable bonds is 1. The Balaban J connectivity index is 1.96. The molecule has 2 aliphatic heterocycles. The lowest BCUT2D eigenvalue weighted by atomic mass is 10.1. The number of hydrogen-bond donors (Lipinski definition) is 1. The molecule has 110 valence electrons. The van der Waals surface area contributed by atoms with Crippen molar-refractivity contribution in [1.82, 2.24) is 0 Å². The van der Waals surface area contributed by atoms with Crippen molar-refractivity contribution in [3.05, 3.63) is 18.2 Å². The summed E-state index contributed by atoms with van der Waals surface area (Å²) in [7, 11) is -6.36. The van der Waals surface area contributed by atoms with Crippen LogP contribution < -0.4 is 10.1 Å². The maximum Gasteiger partial charge on any atom is 0.175 e. The fraction of sp³-hybridized carbons (Fsp3) is 0.500. The van der Waals surface area contributed by atoms with Crippen molar-refractivity contribution in [2.45, 2.75) is 23.5 Å². The van der Waals surface area contributed by atoms with E-state index in [-0.39, 0.29) is 28.5 Å². The first-order chi connectivity index (χ1) is 9.24. The van der Waals surface area contributed by atoms with Crippen LogP contribution in [0.2, 0.25) is 0 Å². The van der Waals surface area contributed by atoms with Gasteiger partial charge in [-0.05, 0) is 18.2 Å². The average Bonchev–Trinajstić information content (AvgIpc) is 2.33. The van der Waals surface area contributed by atoms with Gasteiger partial charge < -0.3 is 10.1 Å². The summed E-state index contributed by atoms with van der Waals surface area (Å²) in [6, 6.07) is 4.27. The molecular weight excluding hydrogens is 302 g/mol. The first-order valence-electron chi connectivity index (χ1n) is 6.22. The van der Waals surface area contributed by atoms with Gasteiger partial charge in [-0.15, -0.1) is 0 Å². The van der Waals surface area contributed by atoms with Crippen LogP contribution in [0.3, 0.4) is 0 Å². The normalized spacial score (nSPS) is 27.6. The Bertz CT molecular complexity index is 754. The molecule has 0 aliphatic carbocycles. The van der Waals surface area contributed by atoms with Crippen LogP contribution in [-0.4, -0.2) is 46.7 Å². The molecule has 2 atom stereocenters. The Kier molecular flexibility index (Phi) is 2.98. The van der Waals surface area contributed by atoms with Gasteiger partial charge in [-0.3, -0.25) is 0 Å². The number of ether oxygens (including phenoxy) is 1. The van der Waals surface area contributed by atoms with E-state index in [0.717, 1.165) is 6.26 Å². The van der Waals surface area contributed by atoms with E-state index in [1.165, 1.54) is 12.1 Å². The fourth-order valence-corrected chi connectivity index (χ4v) is 4.81. The van der Waals surface area contributed by atoms with Crippen molar-refractivity contribution >= 4 is 25.4 Å². The molecule has 1 saturated heterocycles. The summed E-state index contributed by atoms with van der Waals surface area (Å²) < 4.78 is 52.2. The van der Waals surface area contributed by atoms with E-state index in [1.54, 1.807) is 6.07 Å². The minimum absolute atomic E-state index is 0.0141. The highest BCUT2D eigenvalue weighted by Crippen LogP contribution is 2.36. The first-order valence-corrected chi connectivity index (χ1v) is 9.94. The zero-order chi connectivity index (χ0) is 14.5. The third kappa shape index (κ3) is 2.49. The third-order valence-electron chi connectivity index (χ3n) is 3.59. The molecule has 8 heteroatoms. The van der Waals surface area contributed by atoms with E-state index in [1.807, 2.05) is 0 Å². The van der Waals surface area contributed by atoms with Gasteiger partial charge in [0.15, 0.2) is 19.7 Å². The minimum atomic E-state index is -3.30. The Morgan fingerprint density at radius 1 is 1.35 bits per heavy atom. The monoisotopic (exact) mass is 317 g/mol. The van der Waals surface area contributed by atoms with E-state index in [9.17, 15) is 16.8 Å². The summed E-state index contributed by atoms with van der Waals surface area (Å²) in [6.07, 6.45) is 1.40. The fourth-order valence-electron chi connectivity index (χ4n) is 2.55. The highest BCUT2D eigenvalue weighted by molar-refractivity contribution is 7.91. The second kappa shape index (κ2) is 4.36. The summed E-state index contributed by atoms with van der Waals surface area (Å²) in [5.41, 5.74) is 0.534. The van der Waals surface area contributed by atoms with Crippen molar-refractivity contribution in [1.29, 1.82) is 0 Å². The third-order valence-corrected chi connectivity index (χ3v) is 6.43. The number of hydrogen-bond acceptors (Lipinski definition) is 6. The van der Waals surface area contributed by atoms with E-state index < -0.39 is 19.7 Å². The zero-order valence-corrected chi connectivity index (χ0v) is 12.5. The van der Waals surface area contributed by atoms with Crippen LogP contribution in [0.25, 0.3) is 0 Å². The second-order valence-corrected chi connectivity index (χ2v) is 9.48. The smallest absolute Gasteiger partial charge is 0.175 e. The minimum Gasteiger partial charge on any atom is -0.486 e. The second-order valence-electron chi connectivity index (χ2n) is 5.24. The van der Waals surface area contributed by atoms with Gasteiger partial charge in [0.05, 0.1) is 28.1 Å². The first kappa shape index (κ1) is 13.7. The molecule has 2 heterocycles. The maximum atomic E-state index is 11.7. The van der Waals surface area contributed by atoms with Gasteiger partial charge in [0.25, 0.3) is 0 Å². The largest absolute Gasteiger partial charge is 0.486 e. The molecule has 0 aromatic heterocycles. The molecule has 0 bridgehead atoms. The predicted molar refractivity (Wildman–Crippen MR) is 74.6 cm³/mol. The maximum absolute atomic E-state index is 11.7. The molecule has 6 nitrogen and oxygen atoms in total. The molecule has 2 unspecified atom stereocenters. The van der Waals surface area contributed by atoms with Crippen LogP contribution in [0.1, 0.15) is 6.42 Å². The van der Waals surface area contributed by atoms with Crippen molar-refractivity contribution in [3.63, 3.8) is 0 Å². The number of anilines is 1. The van der Waals surface area contributed by atoms with Crippen molar-refractivity contribution in [3.8, 4) is 5.75 Å². The lowest BCUT2D eigenvalue weighted by molar-refractivity contribution is 0.167. The van der Waals surface area contributed by atoms with E-state index in [4.69, 9.17) is 4.74 Å². The zero-order valence-electron chi connectivity index (χ0n) is 10.9. The van der Waals surface area contributed by atoms with Gasteiger partial charge in [-0.25, -0.2) is 16.8 Å². The number of sulfone groups is 2. The molecule has 1 fully saturated rings. The van der Waals surface area contributed by atoms with Gasteiger partial charge in [-0.2, -0.15) is 0 Å². The van der Waals surface area contributed by atoms with Crippen LogP contribution in [0, 0.1) is 0 Å². The Morgan fingerprint density at radius 3 is 2.80 bits per heavy atom. The SMILES string of the molecule is CS(=O)(=O)c1ccc2c(c1)NC1CS(=O)(=O)CCC1O2. The molecular formula is C12H15NO5S2. The summed E-state index contributed by atoms with van der Waals surface area (Å²) in [5.74, 6) is 0.713. The van der Waals surface area contributed by atoms with Crippen LogP contribution >= 0.6 is 0 Å². The summed E-state index contributed by atoms with van der Waals surface area (Å²) in [5, 5.41) is 3.10.